The quantitative estimate of drug-likeness (QED) is 0.901. The third-order valence-electron chi connectivity index (χ3n) is 5.05. The lowest BCUT2D eigenvalue weighted by Gasteiger charge is -2.45. The summed E-state index contributed by atoms with van der Waals surface area (Å²) in [4.78, 5) is 2.71. The van der Waals surface area contributed by atoms with Crippen molar-refractivity contribution in [3.8, 4) is 0 Å². The predicted octanol–water partition coefficient (Wildman–Crippen LogP) is 3.60. The van der Waals surface area contributed by atoms with Crippen molar-refractivity contribution in [2.75, 3.05) is 19.6 Å². The Kier molecular flexibility index (Phi) is 4.13. The first-order chi connectivity index (χ1) is 9.64. The second-order valence-corrected chi connectivity index (χ2v) is 7.25. The molecule has 1 aliphatic carbocycles. The van der Waals surface area contributed by atoms with Gasteiger partial charge in [-0.25, -0.2) is 0 Å². The number of hydrogen-bond acceptors (Lipinski definition) is 2. The minimum Gasteiger partial charge on any atom is -0.309 e. The van der Waals surface area contributed by atoms with Gasteiger partial charge in [-0.05, 0) is 38.3 Å². The summed E-state index contributed by atoms with van der Waals surface area (Å²) in [6.07, 6.45) is 5.77. The zero-order chi connectivity index (χ0) is 14.0. The van der Waals surface area contributed by atoms with Gasteiger partial charge in [-0.1, -0.05) is 49.6 Å². The van der Waals surface area contributed by atoms with Crippen LogP contribution in [0.25, 0.3) is 0 Å². The fourth-order valence-electron chi connectivity index (χ4n) is 3.54. The van der Waals surface area contributed by atoms with Crippen molar-refractivity contribution in [2.24, 2.45) is 5.92 Å². The Hall–Kier alpha value is -0.860. The van der Waals surface area contributed by atoms with Crippen LogP contribution in [0.1, 0.15) is 51.1 Å². The van der Waals surface area contributed by atoms with Crippen molar-refractivity contribution < 1.29 is 0 Å². The topological polar surface area (TPSA) is 15.3 Å². The van der Waals surface area contributed by atoms with Crippen LogP contribution in [0.5, 0.6) is 0 Å². The molecular formula is C18H28N2. The number of rotatable bonds is 4. The highest BCUT2D eigenvalue weighted by Gasteiger charge is 2.33. The zero-order valence-corrected chi connectivity index (χ0v) is 12.9. The minimum absolute atomic E-state index is 0.241. The van der Waals surface area contributed by atoms with Crippen LogP contribution in [0.2, 0.25) is 0 Å². The number of benzene rings is 1. The van der Waals surface area contributed by atoms with Crippen LogP contribution in [0.4, 0.5) is 0 Å². The van der Waals surface area contributed by atoms with E-state index in [0.717, 1.165) is 19.0 Å². The summed E-state index contributed by atoms with van der Waals surface area (Å²) in [7, 11) is 0. The van der Waals surface area contributed by atoms with Crippen molar-refractivity contribution in [1.29, 1.82) is 0 Å². The summed E-state index contributed by atoms with van der Waals surface area (Å²) in [5.41, 5.74) is 1.70. The Morgan fingerprint density at radius 1 is 1.20 bits per heavy atom. The molecule has 0 spiro atoms. The van der Waals surface area contributed by atoms with E-state index in [4.69, 9.17) is 0 Å². The maximum Gasteiger partial charge on any atom is 0.0473 e. The van der Waals surface area contributed by atoms with Gasteiger partial charge in [0.1, 0.15) is 0 Å². The predicted molar refractivity (Wildman–Crippen MR) is 84.8 cm³/mol. The van der Waals surface area contributed by atoms with Crippen LogP contribution in [0.15, 0.2) is 30.3 Å². The third kappa shape index (κ3) is 3.24. The number of piperazine rings is 1. The Balaban J connectivity index is 1.69. The summed E-state index contributed by atoms with van der Waals surface area (Å²) in [5.74, 6) is 1.00. The number of nitrogens with one attached hydrogen (secondary N) is 1. The molecule has 2 fully saturated rings. The van der Waals surface area contributed by atoms with Crippen LogP contribution in [0.3, 0.4) is 0 Å². The molecule has 1 atom stereocenters. The Morgan fingerprint density at radius 2 is 1.95 bits per heavy atom. The Bertz CT molecular complexity index is 422. The molecule has 1 heterocycles. The van der Waals surface area contributed by atoms with E-state index < -0.39 is 0 Å². The highest BCUT2D eigenvalue weighted by atomic mass is 15.2. The van der Waals surface area contributed by atoms with E-state index in [1.165, 1.54) is 37.8 Å². The molecule has 0 aromatic heterocycles. The molecule has 0 bridgehead atoms. The van der Waals surface area contributed by atoms with E-state index >= 15 is 0 Å². The first-order valence-electron chi connectivity index (χ1n) is 8.18. The molecule has 0 amide bonds. The molecule has 1 aliphatic heterocycles. The first kappa shape index (κ1) is 14.1. The molecular weight excluding hydrogens is 244 g/mol. The summed E-state index contributed by atoms with van der Waals surface area (Å²) in [6, 6.07) is 11.5. The van der Waals surface area contributed by atoms with Crippen LogP contribution >= 0.6 is 0 Å². The molecule has 2 aliphatic rings. The molecule has 2 nitrogen and oxygen atoms in total. The van der Waals surface area contributed by atoms with Gasteiger partial charge in [0, 0.05) is 24.7 Å². The summed E-state index contributed by atoms with van der Waals surface area (Å²) >= 11 is 0. The smallest absolute Gasteiger partial charge is 0.0473 e. The molecule has 1 N–H and O–H groups in total. The van der Waals surface area contributed by atoms with Crippen molar-refractivity contribution in [3.05, 3.63) is 35.9 Å². The molecule has 110 valence electrons. The molecule has 1 aromatic rings. The van der Waals surface area contributed by atoms with Gasteiger partial charge in [-0.15, -0.1) is 0 Å². The average Bonchev–Trinajstić information content (AvgIpc) is 2.37. The van der Waals surface area contributed by atoms with Gasteiger partial charge in [0.2, 0.25) is 0 Å². The van der Waals surface area contributed by atoms with Crippen molar-refractivity contribution in [2.45, 2.75) is 51.1 Å². The maximum atomic E-state index is 3.71. The summed E-state index contributed by atoms with van der Waals surface area (Å²) in [6.45, 7) is 8.13. The van der Waals surface area contributed by atoms with Gasteiger partial charge >= 0.3 is 0 Å². The normalized spacial score (nSPS) is 27.2. The molecule has 1 saturated heterocycles. The van der Waals surface area contributed by atoms with Crippen LogP contribution in [-0.4, -0.2) is 30.1 Å². The summed E-state index contributed by atoms with van der Waals surface area (Å²) < 4.78 is 0. The van der Waals surface area contributed by atoms with Gasteiger partial charge in [0.05, 0.1) is 0 Å². The maximum absolute atomic E-state index is 3.71. The molecule has 3 rings (SSSR count). The lowest BCUT2D eigenvalue weighted by molar-refractivity contribution is 0.0830. The van der Waals surface area contributed by atoms with Crippen LogP contribution in [-0.2, 0) is 0 Å². The van der Waals surface area contributed by atoms with Gasteiger partial charge in [-0.2, -0.15) is 0 Å². The van der Waals surface area contributed by atoms with Gasteiger partial charge in [0.25, 0.3) is 0 Å². The van der Waals surface area contributed by atoms with Crippen molar-refractivity contribution in [1.82, 2.24) is 10.2 Å². The average molecular weight is 272 g/mol. The largest absolute Gasteiger partial charge is 0.309 e. The molecule has 1 unspecified atom stereocenters. The number of nitrogens with zero attached hydrogens (tertiary/aromatic N) is 1. The van der Waals surface area contributed by atoms with Crippen LogP contribution < -0.4 is 5.32 Å². The van der Waals surface area contributed by atoms with Gasteiger partial charge in [-0.3, -0.25) is 4.90 Å². The Labute approximate surface area is 123 Å². The van der Waals surface area contributed by atoms with Crippen molar-refractivity contribution in [3.63, 3.8) is 0 Å². The van der Waals surface area contributed by atoms with Gasteiger partial charge < -0.3 is 5.32 Å². The summed E-state index contributed by atoms with van der Waals surface area (Å²) in [5, 5.41) is 3.71. The third-order valence-corrected chi connectivity index (χ3v) is 5.05. The SMILES string of the molecule is CC1(C)CN(CCC2CCC2)C(c2ccccc2)CN1. The zero-order valence-electron chi connectivity index (χ0n) is 12.9. The minimum atomic E-state index is 0.241. The first-order valence-corrected chi connectivity index (χ1v) is 8.18. The van der Waals surface area contributed by atoms with E-state index in [9.17, 15) is 0 Å². The van der Waals surface area contributed by atoms with Crippen LogP contribution in [0, 0.1) is 5.92 Å². The fraction of sp³-hybridized carbons (Fsp3) is 0.667. The van der Waals surface area contributed by atoms with E-state index in [0.29, 0.717) is 6.04 Å². The van der Waals surface area contributed by atoms with Crippen molar-refractivity contribution >= 4 is 0 Å². The van der Waals surface area contributed by atoms with E-state index in [2.05, 4.69) is 54.4 Å². The molecule has 20 heavy (non-hydrogen) atoms. The molecule has 2 heteroatoms. The second kappa shape index (κ2) is 5.87. The van der Waals surface area contributed by atoms with E-state index in [1.807, 2.05) is 0 Å². The second-order valence-electron chi connectivity index (χ2n) is 7.25. The van der Waals surface area contributed by atoms with E-state index in [1.54, 1.807) is 0 Å². The Morgan fingerprint density at radius 3 is 2.60 bits per heavy atom. The molecule has 1 saturated carbocycles. The fourth-order valence-corrected chi connectivity index (χ4v) is 3.54. The van der Waals surface area contributed by atoms with Gasteiger partial charge in [0.15, 0.2) is 0 Å². The standard InChI is InChI=1S/C18H28N2/c1-18(2)14-20(12-11-15-7-6-8-15)17(13-19-18)16-9-4-3-5-10-16/h3-5,9-10,15,17,19H,6-8,11-14H2,1-2H3. The van der Waals surface area contributed by atoms with E-state index in [-0.39, 0.29) is 5.54 Å². The highest BCUT2D eigenvalue weighted by molar-refractivity contribution is 5.20. The number of hydrogen-bond donors (Lipinski definition) is 1. The lowest BCUT2D eigenvalue weighted by Crippen LogP contribution is -2.58. The lowest BCUT2D eigenvalue weighted by atomic mass is 9.82. The molecule has 0 radical (unpaired) electrons. The highest BCUT2D eigenvalue weighted by Crippen LogP contribution is 2.32. The monoisotopic (exact) mass is 272 g/mol. The molecule has 1 aromatic carbocycles.